The Hall–Kier alpha value is -1.92. The number of benzene rings is 1. The minimum Gasteiger partial charge on any atom is -0.364 e. The van der Waals surface area contributed by atoms with Crippen LogP contribution in [0.2, 0.25) is 0 Å². The summed E-state index contributed by atoms with van der Waals surface area (Å²) in [5.74, 6) is -0.186. The van der Waals surface area contributed by atoms with Crippen molar-refractivity contribution in [3.63, 3.8) is 0 Å². The Balaban J connectivity index is 1.93. The van der Waals surface area contributed by atoms with Gasteiger partial charge in [0.2, 0.25) is 5.91 Å². The summed E-state index contributed by atoms with van der Waals surface area (Å²) in [7, 11) is 0. The van der Waals surface area contributed by atoms with Gasteiger partial charge in [0.05, 0.1) is 11.4 Å². The number of rotatable bonds is 2. The molecule has 0 bridgehead atoms. The largest absolute Gasteiger partial charge is 0.364 e. The molecule has 6 nitrogen and oxygen atoms in total. The number of fused-ring (bicyclic) bond motifs is 1. The first-order valence-corrected chi connectivity index (χ1v) is 8.96. The van der Waals surface area contributed by atoms with Crippen LogP contribution >= 0.6 is 0 Å². The predicted octanol–water partition coefficient (Wildman–Crippen LogP) is 0.831. The van der Waals surface area contributed by atoms with Crippen LogP contribution in [0, 0.1) is 0 Å². The smallest absolute Gasteiger partial charge is 0.285 e. The Morgan fingerprint density at radius 1 is 1.28 bits per heavy atom. The van der Waals surface area contributed by atoms with Gasteiger partial charge in [-0.05, 0) is 46.8 Å². The number of nitrogens with one attached hydrogen (secondary N) is 2. The molecule has 2 N–H and O–H groups in total. The molecule has 1 aromatic carbocycles. The number of carbonyl (C=O) groups is 2. The zero-order valence-electron chi connectivity index (χ0n) is 15.6. The molecule has 0 radical (unpaired) electrons. The van der Waals surface area contributed by atoms with Gasteiger partial charge >= 0.3 is 0 Å². The lowest BCUT2D eigenvalue weighted by molar-refractivity contribution is -0.928. The maximum absolute atomic E-state index is 13.4. The lowest BCUT2D eigenvalue weighted by atomic mass is 9.95. The minimum absolute atomic E-state index is 0.0244. The Kier molecular flexibility index (Phi) is 4.60. The molecule has 2 aliphatic rings. The number of carbonyl (C=O) groups excluding carboxylic acids is 2. The normalized spacial score (nSPS) is 29.6. The number of quaternary nitrogens is 1. The van der Waals surface area contributed by atoms with Gasteiger partial charge in [-0.2, -0.15) is 0 Å². The molecule has 136 valence electrons. The van der Waals surface area contributed by atoms with Crippen LogP contribution in [0.4, 0.5) is 11.4 Å². The van der Waals surface area contributed by atoms with E-state index >= 15 is 0 Å². The zero-order chi connectivity index (χ0) is 18.4. The number of hydrogen-bond acceptors (Lipinski definition) is 3. The standard InChI is InChI=1S/C19H27N3O3/c1-12-10-21(11-13(2)25-12)14(3)17(23)22-16-9-7-6-8-15(16)20-18(24)19(22,4)5/h6-9,12-14H,10-11H2,1-5H3,(H,20,24)/p+1/t12-,13-,14-/m0/s1. The number of nitrogens with zero attached hydrogens (tertiary/aromatic N) is 1. The number of hydrogen-bond donors (Lipinski definition) is 2. The Bertz CT molecular complexity index is 678. The van der Waals surface area contributed by atoms with Crippen LogP contribution in [0.3, 0.4) is 0 Å². The van der Waals surface area contributed by atoms with Crippen LogP contribution in [0.1, 0.15) is 34.6 Å². The number of ether oxygens (including phenoxy) is 1. The molecule has 0 spiro atoms. The summed E-state index contributed by atoms with van der Waals surface area (Å²) in [6.45, 7) is 11.2. The van der Waals surface area contributed by atoms with Gasteiger partial charge in [0.1, 0.15) is 30.8 Å². The molecule has 1 aromatic rings. The van der Waals surface area contributed by atoms with E-state index in [-0.39, 0.29) is 30.1 Å². The van der Waals surface area contributed by atoms with Crippen molar-refractivity contribution in [2.45, 2.75) is 58.4 Å². The number of anilines is 2. The fourth-order valence-electron chi connectivity index (χ4n) is 3.88. The van der Waals surface area contributed by atoms with Crippen LogP contribution in [-0.4, -0.2) is 48.7 Å². The lowest BCUT2D eigenvalue weighted by Gasteiger charge is -2.44. The maximum Gasteiger partial charge on any atom is 0.285 e. The van der Waals surface area contributed by atoms with E-state index in [0.29, 0.717) is 5.69 Å². The topological polar surface area (TPSA) is 63.1 Å². The SMILES string of the molecule is C[C@H]1C[NH+]([C@@H](C)C(=O)N2c3ccccc3NC(=O)C2(C)C)C[C@H](C)O1. The van der Waals surface area contributed by atoms with Crippen LogP contribution < -0.4 is 15.1 Å². The molecule has 3 atom stereocenters. The van der Waals surface area contributed by atoms with E-state index in [2.05, 4.69) is 5.32 Å². The van der Waals surface area contributed by atoms with Gasteiger partial charge < -0.3 is 15.0 Å². The molecule has 1 saturated heterocycles. The quantitative estimate of drug-likeness (QED) is 0.834. The lowest BCUT2D eigenvalue weighted by Crippen LogP contribution is -3.19. The van der Waals surface area contributed by atoms with Crippen LogP contribution in [0.5, 0.6) is 0 Å². The van der Waals surface area contributed by atoms with Crippen molar-refractivity contribution < 1.29 is 19.2 Å². The second-order valence-electron chi connectivity index (χ2n) is 7.75. The molecule has 25 heavy (non-hydrogen) atoms. The molecule has 3 rings (SSSR count). The number of amides is 2. The molecule has 2 heterocycles. The van der Waals surface area contributed by atoms with Gasteiger partial charge in [0.15, 0.2) is 6.04 Å². The van der Waals surface area contributed by atoms with Crippen molar-refractivity contribution in [3.05, 3.63) is 24.3 Å². The van der Waals surface area contributed by atoms with Crippen LogP contribution in [-0.2, 0) is 14.3 Å². The Labute approximate surface area is 149 Å². The van der Waals surface area contributed by atoms with Crippen molar-refractivity contribution in [2.75, 3.05) is 23.3 Å². The molecule has 2 amide bonds. The van der Waals surface area contributed by atoms with E-state index in [1.165, 1.54) is 4.90 Å². The van der Waals surface area contributed by atoms with Crippen molar-refractivity contribution in [1.29, 1.82) is 0 Å². The molecule has 0 unspecified atom stereocenters. The third-order valence-electron chi connectivity index (χ3n) is 5.27. The Morgan fingerprint density at radius 2 is 1.88 bits per heavy atom. The molecule has 0 aliphatic carbocycles. The van der Waals surface area contributed by atoms with E-state index in [1.807, 2.05) is 45.0 Å². The second kappa shape index (κ2) is 6.42. The fourth-order valence-corrected chi connectivity index (χ4v) is 3.88. The molecule has 0 aromatic heterocycles. The van der Waals surface area contributed by atoms with Gasteiger partial charge in [-0.15, -0.1) is 0 Å². The average molecular weight is 346 g/mol. The first kappa shape index (κ1) is 17.9. The first-order chi connectivity index (χ1) is 11.7. The van der Waals surface area contributed by atoms with Crippen molar-refractivity contribution in [1.82, 2.24) is 0 Å². The Morgan fingerprint density at radius 3 is 2.52 bits per heavy atom. The molecular formula is C19H28N3O3+. The predicted molar refractivity (Wildman–Crippen MR) is 96.8 cm³/mol. The van der Waals surface area contributed by atoms with E-state index in [1.54, 1.807) is 18.7 Å². The van der Waals surface area contributed by atoms with Gasteiger partial charge in [-0.1, -0.05) is 12.1 Å². The van der Waals surface area contributed by atoms with Crippen LogP contribution in [0.25, 0.3) is 0 Å². The molecule has 2 aliphatic heterocycles. The number of para-hydroxylation sites is 2. The van der Waals surface area contributed by atoms with E-state index < -0.39 is 5.54 Å². The number of morpholine rings is 1. The molecule has 1 fully saturated rings. The first-order valence-electron chi connectivity index (χ1n) is 8.96. The van der Waals surface area contributed by atoms with Crippen molar-refractivity contribution in [2.24, 2.45) is 0 Å². The van der Waals surface area contributed by atoms with E-state index in [0.717, 1.165) is 18.8 Å². The summed E-state index contributed by atoms with van der Waals surface area (Å²) in [5.41, 5.74) is 0.520. The van der Waals surface area contributed by atoms with Crippen LogP contribution in [0.15, 0.2) is 24.3 Å². The van der Waals surface area contributed by atoms with Gasteiger partial charge in [0.25, 0.3) is 5.91 Å². The molecule has 0 saturated carbocycles. The summed E-state index contributed by atoms with van der Waals surface area (Å²) in [6.07, 6.45) is 0.248. The van der Waals surface area contributed by atoms with Crippen molar-refractivity contribution >= 4 is 23.2 Å². The molecular weight excluding hydrogens is 318 g/mol. The highest BCUT2D eigenvalue weighted by atomic mass is 16.5. The second-order valence-corrected chi connectivity index (χ2v) is 7.75. The summed E-state index contributed by atoms with van der Waals surface area (Å²) in [5, 5.41) is 2.91. The zero-order valence-corrected chi connectivity index (χ0v) is 15.6. The highest BCUT2D eigenvalue weighted by Crippen LogP contribution is 2.36. The minimum atomic E-state index is -0.928. The van der Waals surface area contributed by atoms with Gasteiger partial charge in [-0.3, -0.25) is 14.5 Å². The summed E-state index contributed by atoms with van der Waals surface area (Å²) < 4.78 is 5.80. The third-order valence-corrected chi connectivity index (χ3v) is 5.27. The summed E-state index contributed by atoms with van der Waals surface area (Å²) in [4.78, 5) is 28.9. The molecule has 6 heteroatoms. The average Bonchev–Trinajstić information content (AvgIpc) is 2.53. The maximum atomic E-state index is 13.4. The highest BCUT2D eigenvalue weighted by molar-refractivity contribution is 6.14. The van der Waals surface area contributed by atoms with Crippen molar-refractivity contribution in [3.8, 4) is 0 Å². The summed E-state index contributed by atoms with van der Waals surface area (Å²) in [6, 6.07) is 7.23. The van der Waals surface area contributed by atoms with E-state index in [4.69, 9.17) is 4.74 Å². The monoisotopic (exact) mass is 346 g/mol. The highest BCUT2D eigenvalue weighted by Gasteiger charge is 2.47. The van der Waals surface area contributed by atoms with E-state index in [9.17, 15) is 9.59 Å². The van der Waals surface area contributed by atoms with Gasteiger partial charge in [-0.25, -0.2) is 0 Å². The van der Waals surface area contributed by atoms with Gasteiger partial charge in [0, 0.05) is 0 Å². The fraction of sp³-hybridized carbons (Fsp3) is 0.579. The third kappa shape index (κ3) is 3.16. The summed E-state index contributed by atoms with van der Waals surface area (Å²) >= 11 is 0.